The van der Waals surface area contributed by atoms with Crippen LogP contribution in [0, 0.1) is 5.41 Å². The van der Waals surface area contributed by atoms with Gasteiger partial charge in [0.25, 0.3) is 9.05 Å². The van der Waals surface area contributed by atoms with E-state index in [1.54, 1.807) is 51.1 Å². The van der Waals surface area contributed by atoms with Crippen molar-refractivity contribution in [2.75, 3.05) is 5.32 Å². The molecular formula is C15H16ClNO3S. The minimum atomic E-state index is -3.90. The van der Waals surface area contributed by atoms with E-state index in [1.165, 1.54) is 6.07 Å². The van der Waals surface area contributed by atoms with E-state index in [4.69, 9.17) is 10.7 Å². The average Bonchev–Trinajstić information content (AvgIpc) is 2.35. The van der Waals surface area contributed by atoms with Crippen molar-refractivity contribution in [2.45, 2.75) is 25.7 Å². The molecule has 6 heteroatoms. The number of hydrogen-bond donors (Lipinski definition) is 1. The first-order valence-corrected chi connectivity index (χ1v) is 8.69. The van der Waals surface area contributed by atoms with Crippen LogP contribution < -0.4 is 5.32 Å². The number of fused-ring (bicyclic) bond motifs is 1. The molecule has 0 unspecified atom stereocenters. The van der Waals surface area contributed by atoms with Crippen LogP contribution in [0.5, 0.6) is 0 Å². The molecule has 1 N–H and O–H groups in total. The predicted molar refractivity (Wildman–Crippen MR) is 85.1 cm³/mol. The van der Waals surface area contributed by atoms with Gasteiger partial charge in [0, 0.05) is 27.2 Å². The smallest absolute Gasteiger partial charge is 0.262 e. The summed E-state index contributed by atoms with van der Waals surface area (Å²) in [6.45, 7) is 5.34. The van der Waals surface area contributed by atoms with Crippen LogP contribution in [0.15, 0.2) is 41.3 Å². The zero-order valence-electron chi connectivity index (χ0n) is 12.0. The minimum Gasteiger partial charge on any atom is -0.326 e. The first-order chi connectivity index (χ1) is 9.59. The molecule has 2 rings (SSSR count). The fourth-order valence-electron chi connectivity index (χ4n) is 1.87. The second kappa shape index (κ2) is 5.31. The number of benzene rings is 2. The van der Waals surface area contributed by atoms with Gasteiger partial charge in [-0.1, -0.05) is 45.0 Å². The summed E-state index contributed by atoms with van der Waals surface area (Å²) < 4.78 is 23.5. The van der Waals surface area contributed by atoms with Crippen LogP contribution in [0.2, 0.25) is 0 Å². The van der Waals surface area contributed by atoms with E-state index >= 15 is 0 Å². The molecule has 0 aromatic heterocycles. The van der Waals surface area contributed by atoms with E-state index < -0.39 is 14.5 Å². The quantitative estimate of drug-likeness (QED) is 0.855. The molecule has 0 bridgehead atoms. The Morgan fingerprint density at radius 1 is 1.14 bits per heavy atom. The Labute approximate surface area is 128 Å². The first kappa shape index (κ1) is 15.8. The van der Waals surface area contributed by atoms with E-state index in [0.29, 0.717) is 16.5 Å². The standard InChI is InChI=1S/C15H16ClNO3S/c1-15(2,3)14(18)17-11-8-10-6-4-5-7-12(10)13(9-11)21(16,19)20/h4-9H,1-3H3,(H,17,18). The highest BCUT2D eigenvalue weighted by molar-refractivity contribution is 8.14. The van der Waals surface area contributed by atoms with Gasteiger partial charge < -0.3 is 5.32 Å². The Hall–Kier alpha value is -1.59. The lowest BCUT2D eigenvalue weighted by molar-refractivity contribution is -0.123. The van der Waals surface area contributed by atoms with Gasteiger partial charge in [-0.2, -0.15) is 0 Å². The van der Waals surface area contributed by atoms with E-state index in [2.05, 4.69) is 5.32 Å². The van der Waals surface area contributed by atoms with Crippen molar-refractivity contribution >= 4 is 42.1 Å². The molecule has 0 aliphatic carbocycles. The molecule has 0 fully saturated rings. The summed E-state index contributed by atoms with van der Waals surface area (Å²) in [5.41, 5.74) is -0.168. The van der Waals surface area contributed by atoms with Gasteiger partial charge in [0.1, 0.15) is 0 Å². The molecular weight excluding hydrogens is 310 g/mol. The molecule has 1 amide bonds. The fraction of sp³-hybridized carbons (Fsp3) is 0.267. The van der Waals surface area contributed by atoms with Gasteiger partial charge in [-0.3, -0.25) is 4.79 Å². The van der Waals surface area contributed by atoms with Crippen LogP contribution in [0.4, 0.5) is 5.69 Å². The molecule has 0 aliphatic heterocycles. The largest absolute Gasteiger partial charge is 0.326 e. The number of carbonyl (C=O) groups excluding carboxylic acids is 1. The monoisotopic (exact) mass is 325 g/mol. The topological polar surface area (TPSA) is 63.2 Å². The summed E-state index contributed by atoms with van der Waals surface area (Å²) in [5, 5.41) is 3.95. The molecule has 112 valence electrons. The van der Waals surface area contributed by atoms with Crippen molar-refractivity contribution in [1.82, 2.24) is 0 Å². The maximum atomic E-state index is 12.0. The maximum Gasteiger partial charge on any atom is 0.262 e. The Kier molecular flexibility index (Phi) is 4.00. The Balaban J connectivity index is 2.60. The number of hydrogen-bond acceptors (Lipinski definition) is 3. The van der Waals surface area contributed by atoms with Gasteiger partial charge in [-0.25, -0.2) is 8.42 Å². The molecule has 0 spiro atoms. The minimum absolute atomic E-state index is 0.00789. The van der Waals surface area contributed by atoms with Crippen LogP contribution in [-0.4, -0.2) is 14.3 Å². The Bertz CT molecular complexity index is 807. The second-order valence-corrected chi connectivity index (χ2v) is 8.37. The third-order valence-corrected chi connectivity index (χ3v) is 4.39. The molecule has 2 aromatic carbocycles. The lowest BCUT2D eigenvalue weighted by atomic mass is 9.95. The summed E-state index contributed by atoms with van der Waals surface area (Å²) in [5.74, 6) is -0.198. The van der Waals surface area contributed by atoms with Crippen molar-refractivity contribution in [3.8, 4) is 0 Å². The molecule has 0 atom stereocenters. The zero-order valence-corrected chi connectivity index (χ0v) is 13.5. The van der Waals surface area contributed by atoms with Crippen LogP contribution in [0.25, 0.3) is 10.8 Å². The highest BCUT2D eigenvalue weighted by Crippen LogP contribution is 2.30. The van der Waals surface area contributed by atoms with E-state index in [9.17, 15) is 13.2 Å². The number of carbonyl (C=O) groups is 1. The van der Waals surface area contributed by atoms with Crippen molar-refractivity contribution < 1.29 is 13.2 Å². The number of rotatable bonds is 2. The van der Waals surface area contributed by atoms with E-state index in [0.717, 1.165) is 0 Å². The average molecular weight is 326 g/mol. The number of anilines is 1. The normalized spacial score (nSPS) is 12.4. The van der Waals surface area contributed by atoms with Gasteiger partial charge in [0.15, 0.2) is 0 Å². The second-order valence-electron chi connectivity index (χ2n) is 5.84. The van der Waals surface area contributed by atoms with Gasteiger partial charge in [-0.05, 0) is 17.5 Å². The van der Waals surface area contributed by atoms with Crippen molar-refractivity contribution in [2.24, 2.45) is 5.41 Å². The molecule has 0 heterocycles. The van der Waals surface area contributed by atoms with Crippen LogP contribution in [0.1, 0.15) is 20.8 Å². The molecule has 2 aromatic rings. The fourth-order valence-corrected chi connectivity index (χ4v) is 2.97. The van der Waals surface area contributed by atoms with E-state index in [1.807, 2.05) is 0 Å². The molecule has 4 nitrogen and oxygen atoms in total. The Morgan fingerprint density at radius 3 is 2.33 bits per heavy atom. The summed E-state index contributed by atoms with van der Waals surface area (Å²) in [7, 11) is 1.59. The van der Waals surface area contributed by atoms with Gasteiger partial charge >= 0.3 is 0 Å². The summed E-state index contributed by atoms with van der Waals surface area (Å²) in [4.78, 5) is 12.0. The summed E-state index contributed by atoms with van der Waals surface area (Å²) >= 11 is 0. The summed E-state index contributed by atoms with van der Waals surface area (Å²) in [6.07, 6.45) is 0. The Morgan fingerprint density at radius 2 is 1.76 bits per heavy atom. The van der Waals surface area contributed by atoms with Crippen molar-refractivity contribution in [3.05, 3.63) is 36.4 Å². The predicted octanol–water partition coefficient (Wildman–Crippen LogP) is 3.75. The molecule has 0 saturated heterocycles. The van der Waals surface area contributed by atoms with Crippen LogP contribution >= 0.6 is 10.7 Å². The van der Waals surface area contributed by atoms with Crippen LogP contribution in [0.3, 0.4) is 0 Å². The van der Waals surface area contributed by atoms with Crippen molar-refractivity contribution in [3.63, 3.8) is 0 Å². The molecule has 0 aliphatic rings. The number of nitrogens with one attached hydrogen (secondary N) is 1. The first-order valence-electron chi connectivity index (χ1n) is 6.38. The SMILES string of the molecule is CC(C)(C)C(=O)Nc1cc(S(=O)(=O)Cl)c2ccccc2c1. The van der Waals surface area contributed by atoms with Crippen molar-refractivity contribution in [1.29, 1.82) is 0 Å². The maximum absolute atomic E-state index is 12.0. The third kappa shape index (κ3) is 3.54. The van der Waals surface area contributed by atoms with Crippen LogP contribution in [-0.2, 0) is 13.8 Å². The molecule has 0 saturated carbocycles. The van der Waals surface area contributed by atoms with Gasteiger partial charge in [0.2, 0.25) is 5.91 Å². The lowest BCUT2D eigenvalue weighted by Gasteiger charge is -2.18. The number of halogens is 1. The molecule has 21 heavy (non-hydrogen) atoms. The third-order valence-electron chi connectivity index (χ3n) is 3.03. The molecule has 0 radical (unpaired) electrons. The van der Waals surface area contributed by atoms with Gasteiger partial charge in [-0.15, -0.1) is 0 Å². The lowest BCUT2D eigenvalue weighted by Crippen LogP contribution is -2.27. The number of amides is 1. The zero-order chi connectivity index (χ0) is 15.8. The highest BCUT2D eigenvalue weighted by Gasteiger charge is 2.22. The van der Waals surface area contributed by atoms with Gasteiger partial charge in [0.05, 0.1) is 4.90 Å². The highest BCUT2D eigenvalue weighted by atomic mass is 35.7. The summed E-state index contributed by atoms with van der Waals surface area (Å²) in [6, 6.07) is 10.1. The van der Waals surface area contributed by atoms with E-state index in [-0.39, 0.29) is 10.8 Å².